The molecule has 3 atom stereocenters. The molecule has 0 radical (unpaired) electrons. The smallest absolute Gasteiger partial charge is 0.306 e. The van der Waals surface area contributed by atoms with Crippen LogP contribution in [-0.4, -0.2) is 55.0 Å². The number of imidazole rings is 1. The van der Waals surface area contributed by atoms with Gasteiger partial charge in [-0.15, -0.1) is 0 Å². The highest BCUT2D eigenvalue weighted by atomic mass is 35.5. The average molecular weight is 712 g/mol. The van der Waals surface area contributed by atoms with E-state index in [0.29, 0.717) is 35.0 Å². The number of benzene rings is 2. The minimum atomic E-state index is -2.19. The molecule has 2 aromatic carbocycles. The highest BCUT2D eigenvalue weighted by Gasteiger charge is 2.47. The van der Waals surface area contributed by atoms with Crippen LogP contribution in [0.15, 0.2) is 54.6 Å². The Labute approximate surface area is 291 Å². The molecule has 2 N–H and O–H groups in total. The lowest BCUT2D eigenvalue weighted by atomic mass is 10.2. The first-order valence-electron chi connectivity index (χ1n) is 16.5. The van der Waals surface area contributed by atoms with Gasteiger partial charge in [-0.2, -0.15) is 15.0 Å². The molecule has 13 heteroatoms. The molecule has 1 fully saturated rings. The highest BCUT2D eigenvalue weighted by Crippen LogP contribution is 2.44. The number of hydrogen-bond donors (Lipinski definition) is 1. The molecule has 1 aliphatic heterocycles. The topological polar surface area (TPSA) is 116 Å². The highest BCUT2D eigenvalue weighted by molar-refractivity contribution is 6.74. The van der Waals surface area contributed by atoms with Crippen molar-refractivity contribution in [2.45, 2.75) is 109 Å². The molecule has 4 aromatic rings. The van der Waals surface area contributed by atoms with Gasteiger partial charge in [-0.3, -0.25) is 4.57 Å². The maximum Gasteiger partial charge on any atom is 0.306 e. The van der Waals surface area contributed by atoms with Gasteiger partial charge in [0.05, 0.1) is 12.7 Å². The minimum absolute atomic E-state index is 0.00709. The summed E-state index contributed by atoms with van der Waals surface area (Å²) in [5.41, 5.74) is 8.12. The lowest BCUT2D eigenvalue weighted by Crippen LogP contribution is -2.48. The SMILES string of the molecule is CC(C)(C)[Si](C)(C)OC[C@H]1O[C@@H](n2c(Oc3ccc(Cl)cc3)nc3c(OCc4ccccc4)nc(N)nc32)C[C@@H]1O[Si](C)(C)C(C)(C)C. The Morgan fingerprint density at radius 2 is 1.54 bits per heavy atom. The third-order valence-electron chi connectivity index (χ3n) is 9.87. The quantitative estimate of drug-likeness (QED) is 0.152. The zero-order valence-corrected chi connectivity index (χ0v) is 32.6. The van der Waals surface area contributed by atoms with E-state index in [1.165, 1.54) is 0 Å². The fraction of sp³-hybridized carbons (Fsp3) is 0.514. The van der Waals surface area contributed by atoms with Crippen molar-refractivity contribution in [3.8, 4) is 17.6 Å². The largest absolute Gasteiger partial charge is 0.471 e. The van der Waals surface area contributed by atoms with Gasteiger partial charge in [0.1, 0.15) is 24.7 Å². The van der Waals surface area contributed by atoms with E-state index in [9.17, 15) is 0 Å². The molecule has 1 aliphatic rings. The Morgan fingerprint density at radius 1 is 0.896 bits per heavy atom. The maximum atomic E-state index is 7.05. The summed E-state index contributed by atoms with van der Waals surface area (Å²) in [6, 6.07) is 17.2. The van der Waals surface area contributed by atoms with Crippen LogP contribution >= 0.6 is 11.6 Å². The van der Waals surface area contributed by atoms with Crippen LogP contribution in [0.3, 0.4) is 0 Å². The van der Waals surface area contributed by atoms with Crippen molar-refractivity contribution in [2.75, 3.05) is 12.3 Å². The first-order chi connectivity index (χ1) is 22.3. The van der Waals surface area contributed by atoms with Crippen LogP contribution in [0.1, 0.15) is 59.8 Å². The standard InChI is InChI=1S/C35H50ClN5O5Si2/c1-34(2,3)47(7,8)43-22-27-26(46-48(9,10)35(4,5)6)20-28(45-27)41-30-29(38-33(41)44-25-18-16-24(36)17-19-25)31(40-32(37)39-30)42-21-23-14-12-11-13-15-23/h11-19,26-28H,20-22H2,1-10H3,(H2,37,39,40)/t26-,27+,28+/m0/s1. The van der Waals surface area contributed by atoms with E-state index in [2.05, 4.69) is 77.7 Å². The minimum Gasteiger partial charge on any atom is -0.471 e. The fourth-order valence-electron chi connectivity index (χ4n) is 4.91. The van der Waals surface area contributed by atoms with E-state index < -0.39 is 22.9 Å². The lowest BCUT2D eigenvalue weighted by Gasteiger charge is -2.40. The van der Waals surface area contributed by atoms with Crippen LogP contribution < -0.4 is 15.2 Å². The van der Waals surface area contributed by atoms with Gasteiger partial charge in [-0.05, 0) is 66.1 Å². The van der Waals surface area contributed by atoms with E-state index in [1.54, 1.807) is 24.3 Å². The van der Waals surface area contributed by atoms with Gasteiger partial charge in [0.25, 0.3) is 0 Å². The summed E-state index contributed by atoms with van der Waals surface area (Å²) in [6.07, 6.45) is -0.567. The molecule has 0 saturated carbocycles. The normalized spacial score (nSPS) is 19.2. The van der Waals surface area contributed by atoms with Gasteiger partial charge in [0.15, 0.2) is 27.8 Å². The number of nitrogens with zero attached hydrogens (tertiary/aromatic N) is 4. The fourth-order valence-corrected chi connectivity index (χ4v) is 7.40. The second-order valence-corrected chi connectivity index (χ2v) is 25.5. The summed E-state index contributed by atoms with van der Waals surface area (Å²) in [6.45, 7) is 23.2. The summed E-state index contributed by atoms with van der Waals surface area (Å²) in [5, 5.41) is 0.652. The average Bonchev–Trinajstić information content (AvgIpc) is 3.55. The van der Waals surface area contributed by atoms with Gasteiger partial charge in [0.2, 0.25) is 11.8 Å². The number of nitrogen functional groups attached to an aromatic ring is 1. The van der Waals surface area contributed by atoms with Crippen molar-refractivity contribution in [3.05, 3.63) is 65.2 Å². The number of ether oxygens (including phenoxy) is 3. The second kappa shape index (κ2) is 13.7. The van der Waals surface area contributed by atoms with Crippen LogP contribution in [0, 0.1) is 0 Å². The molecular weight excluding hydrogens is 662 g/mol. The molecule has 0 spiro atoms. The molecule has 5 rings (SSSR count). The van der Waals surface area contributed by atoms with Gasteiger partial charge in [-0.1, -0.05) is 83.5 Å². The number of aromatic nitrogens is 4. The third-order valence-corrected chi connectivity index (χ3v) is 19.1. The molecule has 2 aromatic heterocycles. The predicted octanol–water partition coefficient (Wildman–Crippen LogP) is 9.13. The Morgan fingerprint density at radius 3 is 2.17 bits per heavy atom. The molecule has 3 heterocycles. The van der Waals surface area contributed by atoms with Gasteiger partial charge in [-0.25, -0.2) is 0 Å². The summed E-state index contributed by atoms with van der Waals surface area (Å²) < 4.78 is 35.1. The molecular formula is C35H50ClN5O5Si2. The van der Waals surface area contributed by atoms with E-state index in [1.807, 2.05) is 34.9 Å². The number of nitrogens with two attached hydrogens (primary N) is 1. The lowest BCUT2D eigenvalue weighted by molar-refractivity contribution is -0.0400. The summed E-state index contributed by atoms with van der Waals surface area (Å²) >= 11 is 6.18. The molecule has 0 bridgehead atoms. The number of hydrogen-bond acceptors (Lipinski definition) is 9. The van der Waals surface area contributed by atoms with Gasteiger partial charge >= 0.3 is 6.01 Å². The molecule has 0 aliphatic carbocycles. The Hall–Kier alpha value is -3.01. The zero-order valence-electron chi connectivity index (χ0n) is 29.8. The summed E-state index contributed by atoms with van der Waals surface area (Å²) in [7, 11) is -4.27. The Bertz CT molecular complexity index is 1710. The van der Waals surface area contributed by atoms with Crippen LogP contribution in [0.4, 0.5) is 5.95 Å². The summed E-state index contributed by atoms with van der Waals surface area (Å²) in [4.78, 5) is 13.9. The van der Waals surface area contributed by atoms with Crippen molar-refractivity contribution < 1.29 is 23.1 Å². The first kappa shape index (κ1) is 36.3. The van der Waals surface area contributed by atoms with Crippen LogP contribution in [-0.2, 0) is 20.2 Å². The molecule has 260 valence electrons. The van der Waals surface area contributed by atoms with E-state index >= 15 is 0 Å². The molecule has 0 unspecified atom stereocenters. The monoisotopic (exact) mass is 711 g/mol. The van der Waals surface area contributed by atoms with E-state index in [-0.39, 0.29) is 46.7 Å². The third kappa shape index (κ3) is 8.06. The number of rotatable bonds is 11. The first-order valence-corrected chi connectivity index (χ1v) is 22.7. The van der Waals surface area contributed by atoms with E-state index in [4.69, 9.17) is 45.4 Å². The van der Waals surface area contributed by atoms with Crippen molar-refractivity contribution >= 4 is 45.3 Å². The Balaban J connectivity index is 1.56. The van der Waals surface area contributed by atoms with Crippen LogP contribution in [0.25, 0.3) is 11.2 Å². The second-order valence-electron chi connectivity index (χ2n) is 15.5. The van der Waals surface area contributed by atoms with Gasteiger partial charge in [0, 0.05) is 11.4 Å². The van der Waals surface area contributed by atoms with Gasteiger partial charge < -0.3 is 28.8 Å². The van der Waals surface area contributed by atoms with Crippen molar-refractivity contribution in [1.29, 1.82) is 0 Å². The number of halogens is 1. The maximum absolute atomic E-state index is 7.05. The van der Waals surface area contributed by atoms with Crippen molar-refractivity contribution in [2.24, 2.45) is 0 Å². The zero-order chi connectivity index (χ0) is 35.1. The summed E-state index contributed by atoms with van der Waals surface area (Å²) in [5.74, 6) is 0.856. The molecule has 0 amide bonds. The van der Waals surface area contributed by atoms with E-state index in [0.717, 1.165) is 5.56 Å². The molecule has 10 nitrogen and oxygen atoms in total. The van der Waals surface area contributed by atoms with Crippen LogP contribution in [0.5, 0.6) is 17.6 Å². The number of fused-ring (bicyclic) bond motifs is 1. The molecule has 48 heavy (non-hydrogen) atoms. The van der Waals surface area contributed by atoms with Crippen molar-refractivity contribution in [1.82, 2.24) is 19.5 Å². The van der Waals surface area contributed by atoms with Crippen molar-refractivity contribution in [3.63, 3.8) is 0 Å². The predicted molar refractivity (Wildman–Crippen MR) is 196 cm³/mol. The number of anilines is 1. The molecule has 1 saturated heterocycles. The van der Waals surface area contributed by atoms with Crippen LogP contribution in [0.2, 0.25) is 41.3 Å². The Kier molecular flexibility index (Phi) is 10.4.